The second kappa shape index (κ2) is 5.51. The summed E-state index contributed by atoms with van der Waals surface area (Å²) in [6.07, 6.45) is 0.917. The number of fused-ring (bicyclic) bond motifs is 1. The Kier molecular flexibility index (Phi) is 3.56. The highest BCUT2D eigenvalue weighted by Gasteiger charge is 2.14. The minimum absolute atomic E-state index is 0.389. The van der Waals surface area contributed by atoms with Crippen LogP contribution in [0.5, 0.6) is 0 Å². The molecule has 100 valence electrons. The van der Waals surface area contributed by atoms with Gasteiger partial charge in [-0.1, -0.05) is 30.3 Å². The van der Waals surface area contributed by atoms with Crippen LogP contribution in [0.25, 0.3) is 0 Å². The smallest absolute Gasteiger partial charge is 0.248 e. The van der Waals surface area contributed by atoms with Gasteiger partial charge in [0.25, 0.3) is 0 Å². The average Bonchev–Trinajstić information content (AvgIpc) is 2.88. The van der Waals surface area contributed by atoms with E-state index in [2.05, 4.69) is 11.1 Å². The number of carbonyl (C=O) groups is 1. The lowest BCUT2D eigenvalue weighted by molar-refractivity contribution is 0.100. The molecule has 20 heavy (non-hydrogen) atoms. The van der Waals surface area contributed by atoms with E-state index in [0.717, 1.165) is 22.9 Å². The fraction of sp³-hybridized carbons (Fsp3) is 0.125. The molecule has 3 rings (SSSR count). The highest BCUT2D eigenvalue weighted by atomic mass is 32.2. The third kappa shape index (κ3) is 2.75. The Morgan fingerprint density at radius 2 is 1.90 bits per heavy atom. The molecule has 2 aromatic carbocycles. The molecule has 1 heterocycles. The summed E-state index contributed by atoms with van der Waals surface area (Å²) < 4.78 is 0. The quantitative estimate of drug-likeness (QED) is 0.939. The molecule has 1 aliphatic rings. The monoisotopic (exact) mass is 282 g/mol. The molecule has 0 saturated heterocycles. The van der Waals surface area contributed by atoms with E-state index in [1.165, 1.54) is 11.1 Å². The van der Waals surface area contributed by atoms with Crippen molar-refractivity contribution in [2.45, 2.75) is 12.2 Å². The number of hydrogen-bond donors (Lipinski definition) is 1. The Labute approximate surface area is 121 Å². The molecule has 0 unspecified atom stereocenters. The van der Waals surface area contributed by atoms with Gasteiger partial charge in [0.15, 0.2) is 0 Å². The second-order valence-corrected chi connectivity index (χ2v) is 5.71. The van der Waals surface area contributed by atoms with Crippen molar-refractivity contribution in [3.8, 4) is 0 Å². The van der Waals surface area contributed by atoms with Crippen LogP contribution in [-0.4, -0.2) is 11.0 Å². The molecule has 4 heteroatoms. The van der Waals surface area contributed by atoms with Crippen molar-refractivity contribution in [3.05, 3.63) is 65.2 Å². The number of benzene rings is 2. The molecule has 2 N–H and O–H groups in total. The number of amides is 1. The molecule has 0 atom stereocenters. The number of nitrogens with two attached hydrogens (primary N) is 1. The van der Waals surface area contributed by atoms with Crippen molar-refractivity contribution < 1.29 is 4.79 Å². The first-order chi connectivity index (χ1) is 9.72. The fourth-order valence-electron chi connectivity index (χ4n) is 2.12. The van der Waals surface area contributed by atoms with Gasteiger partial charge >= 0.3 is 0 Å². The lowest BCUT2D eigenvalue weighted by Gasteiger charge is -2.02. The molecule has 0 aromatic heterocycles. The third-order valence-corrected chi connectivity index (χ3v) is 4.27. The molecule has 2 aromatic rings. The zero-order valence-electron chi connectivity index (χ0n) is 10.9. The topological polar surface area (TPSA) is 55.5 Å². The zero-order valence-corrected chi connectivity index (χ0v) is 11.7. The van der Waals surface area contributed by atoms with Gasteiger partial charge in [-0.2, -0.15) is 0 Å². The predicted octanol–water partition coefficient (Wildman–Crippen LogP) is 3.31. The van der Waals surface area contributed by atoms with E-state index in [9.17, 15) is 4.79 Å². The third-order valence-electron chi connectivity index (χ3n) is 3.22. The van der Waals surface area contributed by atoms with Crippen molar-refractivity contribution >= 4 is 28.4 Å². The molecule has 0 spiro atoms. The first-order valence-corrected chi connectivity index (χ1v) is 7.38. The molecule has 3 nitrogen and oxygen atoms in total. The molecule has 0 saturated carbocycles. The van der Waals surface area contributed by atoms with Gasteiger partial charge in [0.2, 0.25) is 5.91 Å². The molecule has 1 aliphatic heterocycles. The Morgan fingerprint density at radius 1 is 1.15 bits per heavy atom. The van der Waals surface area contributed by atoms with Crippen LogP contribution in [0.1, 0.15) is 21.5 Å². The molecular formula is C16H14N2OS. The normalized spacial score (nSPS) is 12.9. The SMILES string of the molecule is NC(=O)c1ccc(CSC2=Nc3ccccc3C2)cc1. The predicted molar refractivity (Wildman–Crippen MR) is 83.5 cm³/mol. The first-order valence-electron chi connectivity index (χ1n) is 6.39. The van der Waals surface area contributed by atoms with E-state index in [1.54, 1.807) is 23.9 Å². The van der Waals surface area contributed by atoms with Gasteiger partial charge in [0, 0.05) is 17.7 Å². The highest BCUT2D eigenvalue weighted by molar-refractivity contribution is 8.13. The maximum atomic E-state index is 11.0. The summed E-state index contributed by atoms with van der Waals surface area (Å²) in [4.78, 5) is 15.6. The van der Waals surface area contributed by atoms with Crippen LogP contribution in [0.3, 0.4) is 0 Å². The Bertz CT molecular complexity index is 677. The Morgan fingerprint density at radius 3 is 2.60 bits per heavy atom. The van der Waals surface area contributed by atoms with Gasteiger partial charge in [0.05, 0.1) is 10.7 Å². The van der Waals surface area contributed by atoms with E-state index < -0.39 is 0 Å². The van der Waals surface area contributed by atoms with E-state index in [0.29, 0.717) is 5.56 Å². The van der Waals surface area contributed by atoms with Crippen LogP contribution in [-0.2, 0) is 12.2 Å². The van der Waals surface area contributed by atoms with Crippen LogP contribution in [0.4, 0.5) is 5.69 Å². The van der Waals surface area contributed by atoms with Crippen LogP contribution in [0, 0.1) is 0 Å². The van der Waals surface area contributed by atoms with Crippen molar-refractivity contribution in [2.24, 2.45) is 10.7 Å². The largest absolute Gasteiger partial charge is 0.366 e. The summed E-state index contributed by atoms with van der Waals surface area (Å²) in [6.45, 7) is 0. The molecule has 1 amide bonds. The lowest BCUT2D eigenvalue weighted by Crippen LogP contribution is -2.10. The van der Waals surface area contributed by atoms with Crippen molar-refractivity contribution in [2.75, 3.05) is 0 Å². The number of carbonyl (C=O) groups excluding carboxylic acids is 1. The van der Waals surface area contributed by atoms with Gasteiger partial charge < -0.3 is 5.73 Å². The maximum Gasteiger partial charge on any atom is 0.248 e. The van der Waals surface area contributed by atoms with E-state index in [1.807, 2.05) is 30.3 Å². The highest BCUT2D eigenvalue weighted by Crippen LogP contribution is 2.30. The second-order valence-electron chi connectivity index (χ2n) is 4.66. The van der Waals surface area contributed by atoms with Gasteiger partial charge in [-0.25, -0.2) is 4.99 Å². The van der Waals surface area contributed by atoms with Crippen LogP contribution in [0.2, 0.25) is 0 Å². The van der Waals surface area contributed by atoms with Crippen LogP contribution < -0.4 is 5.73 Å². The molecule has 0 aliphatic carbocycles. The number of rotatable bonds is 3. The Hall–Kier alpha value is -2.07. The van der Waals surface area contributed by atoms with E-state index in [4.69, 9.17) is 5.73 Å². The van der Waals surface area contributed by atoms with Gasteiger partial charge in [-0.3, -0.25) is 4.79 Å². The summed E-state index contributed by atoms with van der Waals surface area (Å²) in [5, 5.41) is 1.14. The van der Waals surface area contributed by atoms with Gasteiger partial charge in [-0.05, 0) is 29.3 Å². The number of thioether (sulfide) groups is 1. The van der Waals surface area contributed by atoms with Crippen LogP contribution in [0.15, 0.2) is 53.5 Å². The van der Waals surface area contributed by atoms with Crippen molar-refractivity contribution in [3.63, 3.8) is 0 Å². The molecule has 0 fully saturated rings. The summed E-state index contributed by atoms with van der Waals surface area (Å²) >= 11 is 1.74. The van der Waals surface area contributed by atoms with Gasteiger partial charge in [-0.15, -0.1) is 11.8 Å². The summed E-state index contributed by atoms with van der Waals surface area (Å²) in [5.74, 6) is 0.464. The number of para-hydroxylation sites is 1. The van der Waals surface area contributed by atoms with E-state index in [-0.39, 0.29) is 5.91 Å². The minimum Gasteiger partial charge on any atom is -0.366 e. The number of aliphatic imine (C=N–C) groups is 1. The lowest BCUT2D eigenvalue weighted by atomic mass is 10.1. The van der Waals surface area contributed by atoms with Crippen molar-refractivity contribution in [1.82, 2.24) is 0 Å². The average molecular weight is 282 g/mol. The minimum atomic E-state index is -0.389. The fourth-order valence-corrected chi connectivity index (χ4v) is 3.07. The Balaban J connectivity index is 1.62. The number of nitrogens with zero attached hydrogens (tertiary/aromatic N) is 1. The van der Waals surface area contributed by atoms with Gasteiger partial charge in [0.1, 0.15) is 0 Å². The van der Waals surface area contributed by atoms with E-state index >= 15 is 0 Å². The molecule has 0 radical (unpaired) electrons. The maximum absolute atomic E-state index is 11.0. The summed E-state index contributed by atoms with van der Waals surface area (Å²) in [5.41, 5.74) is 9.31. The number of hydrogen-bond acceptors (Lipinski definition) is 3. The summed E-state index contributed by atoms with van der Waals surface area (Å²) in [7, 11) is 0. The first kappa shape index (κ1) is 12.9. The molecule has 0 bridgehead atoms. The molecular weight excluding hydrogens is 268 g/mol. The van der Waals surface area contributed by atoms with Crippen LogP contribution >= 0.6 is 11.8 Å². The zero-order chi connectivity index (χ0) is 13.9. The van der Waals surface area contributed by atoms with Crippen molar-refractivity contribution in [1.29, 1.82) is 0 Å². The summed E-state index contributed by atoms with van der Waals surface area (Å²) in [6, 6.07) is 15.6. The number of primary amides is 1. The standard InChI is InChI=1S/C16H14N2OS/c17-16(19)12-7-5-11(6-8-12)10-20-15-9-13-3-1-2-4-14(13)18-15/h1-8H,9-10H2,(H2,17,19).